The SMILES string of the molecule is Oc1c(O)c(O)c(-c2ccc3c(-c4ccc5ccccc5c4)c4ccccc4c(-c4ccccc4)c3c2)c(O)c1O. The van der Waals surface area contributed by atoms with E-state index in [0.717, 1.165) is 54.6 Å². The average Bonchev–Trinajstić information content (AvgIpc) is 3.02. The molecule has 41 heavy (non-hydrogen) atoms. The summed E-state index contributed by atoms with van der Waals surface area (Å²) in [5, 5.41) is 58.0. The maximum Gasteiger partial charge on any atom is 0.208 e. The Balaban J connectivity index is 1.64. The first kappa shape index (κ1) is 24.4. The summed E-state index contributed by atoms with van der Waals surface area (Å²) in [5.41, 5.74) is 4.21. The summed E-state index contributed by atoms with van der Waals surface area (Å²) in [4.78, 5) is 0. The Bertz CT molecular complexity index is 2120. The van der Waals surface area contributed by atoms with Crippen molar-refractivity contribution in [2.24, 2.45) is 0 Å². The van der Waals surface area contributed by atoms with Crippen molar-refractivity contribution in [3.63, 3.8) is 0 Å². The molecule has 0 saturated carbocycles. The minimum Gasteiger partial charge on any atom is -0.504 e. The van der Waals surface area contributed by atoms with Gasteiger partial charge in [0.15, 0.2) is 11.5 Å². The minimum absolute atomic E-state index is 0.181. The largest absolute Gasteiger partial charge is 0.504 e. The fourth-order valence-electron chi connectivity index (χ4n) is 5.86. The van der Waals surface area contributed by atoms with E-state index in [1.54, 1.807) is 6.07 Å². The molecule has 0 aliphatic carbocycles. The molecule has 7 rings (SSSR count). The van der Waals surface area contributed by atoms with Gasteiger partial charge in [-0.1, -0.05) is 103 Å². The molecule has 0 radical (unpaired) electrons. The number of hydrogen-bond donors (Lipinski definition) is 5. The summed E-state index contributed by atoms with van der Waals surface area (Å²) in [6.45, 7) is 0. The zero-order chi connectivity index (χ0) is 28.2. The van der Waals surface area contributed by atoms with Crippen LogP contribution in [0, 0.1) is 0 Å². The minimum atomic E-state index is -0.987. The van der Waals surface area contributed by atoms with Crippen LogP contribution in [-0.4, -0.2) is 25.5 Å². The van der Waals surface area contributed by atoms with E-state index in [4.69, 9.17) is 0 Å². The van der Waals surface area contributed by atoms with Gasteiger partial charge in [-0.3, -0.25) is 0 Å². The van der Waals surface area contributed by atoms with E-state index in [-0.39, 0.29) is 5.56 Å². The summed E-state index contributed by atoms with van der Waals surface area (Å²) in [6, 6.07) is 38.3. The van der Waals surface area contributed by atoms with Crippen molar-refractivity contribution in [1.29, 1.82) is 0 Å². The molecular weight excluding hydrogens is 512 g/mol. The second-order valence-corrected chi connectivity index (χ2v) is 10.1. The van der Waals surface area contributed by atoms with Crippen molar-refractivity contribution in [1.82, 2.24) is 0 Å². The van der Waals surface area contributed by atoms with Crippen molar-refractivity contribution < 1.29 is 25.5 Å². The van der Waals surface area contributed by atoms with E-state index in [0.29, 0.717) is 5.56 Å². The van der Waals surface area contributed by atoms with E-state index in [1.807, 2.05) is 66.7 Å². The van der Waals surface area contributed by atoms with Crippen LogP contribution in [0.3, 0.4) is 0 Å². The predicted octanol–water partition coefficient (Wildman–Crippen LogP) is 8.68. The van der Waals surface area contributed by atoms with Crippen LogP contribution >= 0.6 is 0 Å². The van der Waals surface area contributed by atoms with Gasteiger partial charge in [0.2, 0.25) is 17.2 Å². The number of fused-ring (bicyclic) bond motifs is 3. The molecule has 0 atom stereocenters. The average molecular weight is 537 g/mol. The van der Waals surface area contributed by atoms with Crippen molar-refractivity contribution >= 4 is 32.3 Å². The molecule has 0 bridgehead atoms. The maximum atomic E-state index is 10.7. The maximum absolute atomic E-state index is 10.7. The smallest absolute Gasteiger partial charge is 0.208 e. The first-order chi connectivity index (χ1) is 19.9. The second-order valence-electron chi connectivity index (χ2n) is 10.1. The summed E-state index contributed by atoms with van der Waals surface area (Å²) in [7, 11) is 0. The Morgan fingerprint density at radius 1 is 0.293 bits per heavy atom. The monoisotopic (exact) mass is 536 g/mol. The molecule has 0 aliphatic heterocycles. The molecule has 5 heteroatoms. The Morgan fingerprint density at radius 2 is 0.780 bits per heavy atom. The van der Waals surface area contributed by atoms with Gasteiger partial charge in [0.25, 0.3) is 0 Å². The molecule has 0 unspecified atom stereocenters. The van der Waals surface area contributed by atoms with Crippen LogP contribution in [0.4, 0.5) is 0 Å². The topological polar surface area (TPSA) is 101 Å². The molecule has 0 fully saturated rings. The molecule has 0 saturated heterocycles. The number of phenolic OH excluding ortho intramolecular Hbond substituents is 5. The molecule has 7 aromatic rings. The van der Waals surface area contributed by atoms with Crippen molar-refractivity contribution in [3.05, 3.63) is 115 Å². The third-order valence-electron chi connectivity index (χ3n) is 7.78. The third kappa shape index (κ3) is 3.71. The fourth-order valence-corrected chi connectivity index (χ4v) is 5.86. The molecule has 198 valence electrons. The second kappa shape index (κ2) is 9.21. The van der Waals surface area contributed by atoms with Gasteiger partial charge in [0.1, 0.15) is 0 Å². The fraction of sp³-hybridized carbons (Fsp3) is 0. The van der Waals surface area contributed by atoms with Gasteiger partial charge in [-0.25, -0.2) is 0 Å². The summed E-state index contributed by atoms with van der Waals surface area (Å²) >= 11 is 0. The highest BCUT2D eigenvalue weighted by molar-refractivity contribution is 6.22. The summed E-state index contributed by atoms with van der Waals surface area (Å²) < 4.78 is 0. The van der Waals surface area contributed by atoms with E-state index in [2.05, 4.69) is 42.5 Å². The van der Waals surface area contributed by atoms with Crippen molar-refractivity contribution in [2.45, 2.75) is 0 Å². The van der Waals surface area contributed by atoms with E-state index >= 15 is 0 Å². The molecule has 0 heterocycles. The lowest BCUT2D eigenvalue weighted by molar-refractivity contribution is 0.330. The van der Waals surface area contributed by atoms with Gasteiger partial charge in [0, 0.05) is 0 Å². The first-order valence-corrected chi connectivity index (χ1v) is 13.2. The molecule has 5 nitrogen and oxygen atoms in total. The van der Waals surface area contributed by atoms with Crippen LogP contribution in [0.2, 0.25) is 0 Å². The number of benzene rings is 7. The number of hydrogen-bond acceptors (Lipinski definition) is 5. The van der Waals surface area contributed by atoms with E-state index in [9.17, 15) is 25.5 Å². The molecule has 0 spiro atoms. The Labute approximate surface area is 235 Å². The number of aromatic hydroxyl groups is 5. The highest BCUT2D eigenvalue weighted by Gasteiger charge is 2.25. The molecule has 7 aromatic carbocycles. The van der Waals surface area contributed by atoms with Crippen molar-refractivity contribution in [2.75, 3.05) is 0 Å². The molecule has 0 amide bonds. The van der Waals surface area contributed by atoms with Crippen LogP contribution in [0.25, 0.3) is 65.7 Å². The first-order valence-electron chi connectivity index (χ1n) is 13.2. The number of phenols is 5. The highest BCUT2D eigenvalue weighted by atomic mass is 16.4. The summed E-state index contributed by atoms with van der Waals surface area (Å²) in [5.74, 6) is -4.26. The highest BCUT2D eigenvalue weighted by Crippen LogP contribution is 2.55. The number of rotatable bonds is 3. The Morgan fingerprint density at radius 3 is 1.46 bits per heavy atom. The zero-order valence-electron chi connectivity index (χ0n) is 21.7. The lowest BCUT2D eigenvalue weighted by Gasteiger charge is -2.19. The quantitative estimate of drug-likeness (QED) is 0.0884. The van der Waals surface area contributed by atoms with Gasteiger partial charge >= 0.3 is 0 Å². The predicted molar refractivity (Wildman–Crippen MR) is 164 cm³/mol. The van der Waals surface area contributed by atoms with Gasteiger partial charge in [0.05, 0.1) is 5.56 Å². The van der Waals surface area contributed by atoms with Crippen LogP contribution in [0.15, 0.2) is 115 Å². The van der Waals surface area contributed by atoms with Gasteiger partial charge in [-0.15, -0.1) is 0 Å². The Kier molecular flexibility index (Phi) is 5.47. The molecule has 5 N–H and O–H groups in total. The van der Waals surface area contributed by atoms with Crippen LogP contribution in [-0.2, 0) is 0 Å². The summed E-state index contributed by atoms with van der Waals surface area (Å²) in [6.07, 6.45) is 0. The van der Waals surface area contributed by atoms with E-state index < -0.39 is 28.7 Å². The lowest BCUT2D eigenvalue weighted by Crippen LogP contribution is -1.92. The Hall–Kier alpha value is -5.68. The van der Waals surface area contributed by atoms with Gasteiger partial charge < -0.3 is 25.5 Å². The van der Waals surface area contributed by atoms with E-state index in [1.165, 1.54) is 0 Å². The van der Waals surface area contributed by atoms with Crippen LogP contribution < -0.4 is 0 Å². The van der Waals surface area contributed by atoms with Gasteiger partial charge in [-0.2, -0.15) is 0 Å². The zero-order valence-corrected chi connectivity index (χ0v) is 21.7. The van der Waals surface area contributed by atoms with Crippen molar-refractivity contribution in [3.8, 4) is 62.1 Å². The normalized spacial score (nSPS) is 11.4. The standard InChI is InChI=1S/C36H24O5/c37-32-31(33(38)35(40)36(41)34(32)39)24-16-17-27-28(19-24)29(21-9-2-1-3-10-21)25-12-6-7-13-26(25)30(27)23-15-14-20-8-4-5-11-22(20)18-23/h1-19,37-41H. The van der Waals surface area contributed by atoms with Crippen LogP contribution in [0.1, 0.15) is 0 Å². The molecular formula is C36H24O5. The van der Waals surface area contributed by atoms with Crippen LogP contribution in [0.5, 0.6) is 28.7 Å². The molecule has 0 aliphatic rings. The third-order valence-corrected chi connectivity index (χ3v) is 7.78. The lowest BCUT2D eigenvalue weighted by atomic mass is 9.84. The molecule has 0 aromatic heterocycles. The van der Waals surface area contributed by atoms with Gasteiger partial charge in [-0.05, 0) is 72.3 Å².